The molecule has 0 bridgehead atoms. The molecule has 8 nitrogen and oxygen atoms in total. The van der Waals surface area contributed by atoms with Gasteiger partial charge in [-0.1, -0.05) is 30.0 Å². The third kappa shape index (κ3) is 4.52. The number of fused-ring (bicyclic) bond motifs is 1. The highest BCUT2D eigenvalue weighted by Gasteiger charge is 2.13. The number of hydrogen-bond donors (Lipinski definition) is 2. The molecule has 0 aliphatic rings. The van der Waals surface area contributed by atoms with Crippen LogP contribution in [0.25, 0.3) is 17.0 Å². The van der Waals surface area contributed by atoms with E-state index in [0.29, 0.717) is 23.2 Å². The van der Waals surface area contributed by atoms with Gasteiger partial charge in [0.15, 0.2) is 16.6 Å². The van der Waals surface area contributed by atoms with Gasteiger partial charge in [-0.05, 0) is 43.3 Å². The van der Waals surface area contributed by atoms with Crippen LogP contribution in [-0.2, 0) is 4.79 Å². The van der Waals surface area contributed by atoms with Gasteiger partial charge < -0.3 is 10.1 Å². The molecule has 0 saturated carbocycles. The lowest BCUT2D eigenvalue weighted by atomic mass is 10.2. The summed E-state index contributed by atoms with van der Waals surface area (Å²) in [6, 6.07) is 18.0. The van der Waals surface area contributed by atoms with Crippen LogP contribution >= 0.6 is 11.8 Å². The van der Waals surface area contributed by atoms with Crippen molar-refractivity contribution in [2.45, 2.75) is 12.1 Å². The van der Waals surface area contributed by atoms with Crippen LogP contribution in [0.5, 0.6) is 5.75 Å². The van der Waals surface area contributed by atoms with Crippen molar-refractivity contribution in [1.82, 2.24) is 19.6 Å². The van der Waals surface area contributed by atoms with Crippen molar-refractivity contribution in [3.05, 3.63) is 71.0 Å². The van der Waals surface area contributed by atoms with Crippen LogP contribution in [0.1, 0.15) is 6.92 Å². The second kappa shape index (κ2) is 8.83. The van der Waals surface area contributed by atoms with Gasteiger partial charge in [0.2, 0.25) is 5.91 Å². The van der Waals surface area contributed by atoms with Gasteiger partial charge in [0.1, 0.15) is 5.75 Å². The summed E-state index contributed by atoms with van der Waals surface area (Å²) in [6.07, 6.45) is 0. The van der Waals surface area contributed by atoms with E-state index in [1.165, 1.54) is 22.3 Å². The van der Waals surface area contributed by atoms with Crippen LogP contribution in [0.15, 0.2) is 70.6 Å². The molecule has 2 aromatic heterocycles. The fourth-order valence-electron chi connectivity index (χ4n) is 2.83. The number of H-pyrrole nitrogens is 1. The highest BCUT2D eigenvalue weighted by molar-refractivity contribution is 7.99. The fourth-order valence-corrected chi connectivity index (χ4v) is 3.58. The number of para-hydroxylation sites is 1. The predicted octanol–water partition coefficient (Wildman–Crippen LogP) is 3.21. The highest BCUT2D eigenvalue weighted by Crippen LogP contribution is 2.23. The van der Waals surface area contributed by atoms with E-state index < -0.39 is 0 Å². The molecule has 0 saturated heterocycles. The van der Waals surface area contributed by atoms with Crippen molar-refractivity contribution in [1.29, 1.82) is 0 Å². The number of nitrogens with zero attached hydrogens (tertiary/aromatic N) is 3. The summed E-state index contributed by atoms with van der Waals surface area (Å²) in [5, 5.41) is 5.97. The molecule has 0 radical (unpaired) electrons. The molecule has 1 amide bonds. The SMILES string of the molecule is CCOc1ccc(-c2nc(SCC(=O)Nc3ccccc3)n3[nH]c(=O)cc3n2)cc1. The lowest BCUT2D eigenvalue weighted by Gasteiger charge is -2.09. The smallest absolute Gasteiger partial charge is 0.266 e. The minimum Gasteiger partial charge on any atom is -0.494 e. The van der Waals surface area contributed by atoms with Crippen LogP contribution in [0.4, 0.5) is 5.69 Å². The Morgan fingerprint density at radius 3 is 2.63 bits per heavy atom. The maximum Gasteiger partial charge on any atom is 0.266 e. The summed E-state index contributed by atoms with van der Waals surface area (Å²) in [5.74, 6) is 1.18. The third-order valence-electron chi connectivity index (χ3n) is 4.14. The number of carbonyl (C=O) groups is 1. The molecule has 2 heterocycles. The molecule has 4 rings (SSSR count). The second-order valence-electron chi connectivity index (χ2n) is 6.30. The number of ether oxygens (including phenoxy) is 1. The van der Waals surface area contributed by atoms with E-state index in [2.05, 4.69) is 20.4 Å². The van der Waals surface area contributed by atoms with Gasteiger partial charge in [0, 0.05) is 17.3 Å². The number of aromatic amines is 1. The Kier molecular flexibility index (Phi) is 5.80. The standard InChI is InChI=1S/C21H19N5O3S/c1-2-29-16-10-8-14(9-11-16)20-23-17-12-18(27)25-26(17)21(24-20)30-13-19(28)22-15-6-4-3-5-7-15/h3-12H,2,13H2,1H3,(H,22,28)(H,25,27). The van der Waals surface area contributed by atoms with Crippen molar-refractivity contribution in [2.75, 3.05) is 17.7 Å². The third-order valence-corrected chi connectivity index (χ3v) is 5.08. The Labute approximate surface area is 176 Å². The quantitative estimate of drug-likeness (QED) is 0.444. The highest BCUT2D eigenvalue weighted by atomic mass is 32.2. The van der Waals surface area contributed by atoms with Gasteiger partial charge in [-0.2, -0.15) is 0 Å². The predicted molar refractivity (Wildman–Crippen MR) is 116 cm³/mol. The van der Waals surface area contributed by atoms with E-state index in [9.17, 15) is 9.59 Å². The van der Waals surface area contributed by atoms with E-state index in [1.54, 1.807) is 0 Å². The molecule has 30 heavy (non-hydrogen) atoms. The largest absolute Gasteiger partial charge is 0.494 e. The number of aromatic nitrogens is 4. The Morgan fingerprint density at radius 1 is 1.13 bits per heavy atom. The maximum absolute atomic E-state index is 12.3. The number of carbonyl (C=O) groups excluding carboxylic acids is 1. The monoisotopic (exact) mass is 421 g/mol. The van der Waals surface area contributed by atoms with Crippen LogP contribution in [-0.4, -0.2) is 37.8 Å². The zero-order valence-electron chi connectivity index (χ0n) is 16.2. The summed E-state index contributed by atoms with van der Waals surface area (Å²) in [6.45, 7) is 2.51. The maximum atomic E-state index is 12.3. The number of rotatable bonds is 7. The number of anilines is 1. The molecule has 0 spiro atoms. The molecule has 2 aromatic carbocycles. The lowest BCUT2D eigenvalue weighted by molar-refractivity contribution is -0.113. The van der Waals surface area contributed by atoms with E-state index in [-0.39, 0.29) is 17.2 Å². The first-order chi connectivity index (χ1) is 14.6. The number of thioether (sulfide) groups is 1. The Hall–Kier alpha value is -3.59. The Bertz CT molecular complexity index is 1220. The van der Waals surface area contributed by atoms with Crippen molar-refractivity contribution in [3.8, 4) is 17.1 Å². The minimum absolute atomic E-state index is 0.129. The topological polar surface area (TPSA) is 101 Å². The second-order valence-corrected chi connectivity index (χ2v) is 7.25. The molecule has 0 unspecified atom stereocenters. The first-order valence-electron chi connectivity index (χ1n) is 9.33. The molecular weight excluding hydrogens is 402 g/mol. The number of amides is 1. The molecule has 2 N–H and O–H groups in total. The van der Waals surface area contributed by atoms with E-state index in [1.807, 2.05) is 61.5 Å². The molecule has 9 heteroatoms. The first kappa shape index (κ1) is 19.7. The van der Waals surface area contributed by atoms with E-state index >= 15 is 0 Å². The summed E-state index contributed by atoms with van der Waals surface area (Å²) in [7, 11) is 0. The van der Waals surface area contributed by atoms with Crippen molar-refractivity contribution in [2.24, 2.45) is 0 Å². The average Bonchev–Trinajstić information content (AvgIpc) is 3.14. The summed E-state index contributed by atoms with van der Waals surface area (Å²) < 4.78 is 6.95. The summed E-state index contributed by atoms with van der Waals surface area (Å²) >= 11 is 1.22. The molecular formula is C21H19N5O3S. The molecule has 0 atom stereocenters. The number of nitrogens with one attached hydrogen (secondary N) is 2. The van der Waals surface area contributed by atoms with Gasteiger partial charge in [-0.25, -0.2) is 14.5 Å². The van der Waals surface area contributed by atoms with Crippen molar-refractivity contribution < 1.29 is 9.53 Å². The van der Waals surface area contributed by atoms with Crippen molar-refractivity contribution in [3.63, 3.8) is 0 Å². The Balaban J connectivity index is 1.58. The summed E-state index contributed by atoms with van der Waals surface area (Å²) in [5.41, 5.74) is 1.65. The average molecular weight is 421 g/mol. The summed E-state index contributed by atoms with van der Waals surface area (Å²) in [4.78, 5) is 33.2. The zero-order valence-corrected chi connectivity index (χ0v) is 17.0. The first-order valence-corrected chi connectivity index (χ1v) is 10.3. The molecule has 0 aliphatic heterocycles. The normalized spacial score (nSPS) is 10.8. The molecule has 0 aliphatic carbocycles. The lowest BCUT2D eigenvalue weighted by Crippen LogP contribution is -2.15. The van der Waals surface area contributed by atoms with Crippen molar-refractivity contribution >= 4 is 29.0 Å². The van der Waals surface area contributed by atoms with Crippen LogP contribution in [0.3, 0.4) is 0 Å². The fraction of sp³-hybridized carbons (Fsp3) is 0.143. The zero-order chi connectivity index (χ0) is 20.9. The van der Waals surface area contributed by atoms with E-state index in [0.717, 1.165) is 17.0 Å². The van der Waals surface area contributed by atoms with Gasteiger partial charge >= 0.3 is 0 Å². The molecule has 4 aromatic rings. The number of benzene rings is 2. The van der Waals surface area contributed by atoms with Gasteiger partial charge in [-0.15, -0.1) is 0 Å². The molecule has 0 fully saturated rings. The Morgan fingerprint density at radius 2 is 1.90 bits per heavy atom. The van der Waals surface area contributed by atoms with Gasteiger partial charge in [0.25, 0.3) is 5.56 Å². The van der Waals surface area contributed by atoms with Crippen LogP contribution < -0.4 is 15.6 Å². The minimum atomic E-state index is -0.288. The number of hydrogen-bond acceptors (Lipinski definition) is 6. The van der Waals surface area contributed by atoms with Crippen LogP contribution in [0.2, 0.25) is 0 Å². The van der Waals surface area contributed by atoms with Gasteiger partial charge in [0.05, 0.1) is 12.4 Å². The molecule has 152 valence electrons. The van der Waals surface area contributed by atoms with Gasteiger partial charge in [-0.3, -0.25) is 14.7 Å². The van der Waals surface area contributed by atoms with Crippen LogP contribution in [0, 0.1) is 0 Å². The van der Waals surface area contributed by atoms with E-state index in [4.69, 9.17) is 4.74 Å².